The monoisotopic (exact) mass is 275 g/mol. The van der Waals surface area contributed by atoms with Crippen molar-refractivity contribution in [1.29, 1.82) is 5.41 Å². The quantitative estimate of drug-likeness (QED) is 0.612. The minimum Gasteiger partial charge on any atom is -0.384 e. The smallest absolute Gasteiger partial charge is 0.129 e. The zero-order chi connectivity index (χ0) is 13.9. The zero-order valence-electron chi connectivity index (χ0n) is 11.6. The average Bonchev–Trinajstić information content (AvgIpc) is 2.98. The van der Waals surface area contributed by atoms with Crippen LogP contribution in [0.3, 0.4) is 0 Å². The molecule has 3 heterocycles. The second-order valence-corrected chi connectivity index (χ2v) is 5.35. The number of morpholine rings is 1. The fourth-order valence-electron chi connectivity index (χ4n) is 2.95. The molecule has 0 amide bonds. The predicted molar refractivity (Wildman–Crippen MR) is 78.3 cm³/mol. The molecule has 0 saturated carbocycles. The number of aromatic nitrogens is 1. The SMILES string of the molecule is N=C(N)c1ccnc(N2CCC(N3CCOCC3)C2)c1. The molecule has 3 N–H and O–H groups in total. The number of hydrogen-bond donors (Lipinski definition) is 2. The Labute approximate surface area is 119 Å². The lowest BCUT2D eigenvalue weighted by Crippen LogP contribution is -2.44. The number of nitrogens with two attached hydrogens (primary N) is 1. The van der Waals surface area contributed by atoms with Gasteiger partial charge in [0.15, 0.2) is 0 Å². The number of nitrogen functional groups attached to an aromatic ring is 1. The Morgan fingerprint density at radius 2 is 2.15 bits per heavy atom. The Bertz CT molecular complexity index is 486. The molecule has 1 aromatic heterocycles. The molecule has 20 heavy (non-hydrogen) atoms. The second-order valence-electron chi connectivity index (χ2n) is 5.35. The van der Waals surface area contributed by atoms with Gasteiger partial charge in [-0.05, 0) is 18.6 Å². The van der Waals surface area contributed by atoms with Crippen molar-refractivity contribution in [2.75, 3.05) is 44.3 Å². The van der Waals surface area contributed by atoms with E-state index in [-0.39, 0.29) is 5.84 Å². The maximum atomic E-state index is 7.51. The van der Waals surface area contributed by atoms with Crippen molar-refractivity contribution < 1.29 is 4.74 Å². The second kappa shape index (κ2) is 5.76. The Hall–Kier alpha value is -1.66. The topological polar surface area (TPSA) is 78.5 Å². The summed E-state index contributed by atoms with van der Waals surface area (Å²) in [6.07, 6.45) is 2.89. The van der Waals surface area contributed by atoms with Crippen molar-refractivity contribution in [2.45, 2.75) is 12.5 Å². The number of pyridine rings is 1. The molecule has 2 aliphatic heterocycles. The highest BCUT2D eigenvalue weighted by atomic mass is 16.5. The minimum absolute atomic E-state index is 0.0950. The summed E-state index contributed by atoms with van der Waals surface area (Å²) in [6.45, 7) is 5.74. The molecular weight excluding hydrogens is 254 g/mol. The highest BCUT2D eigenvalue weighted by Gasteiger charge is 2.29. The van der Waals surface area contributed by atoms with Crippen LogP contribution in [0.25, 0.3) is 0 Å². The van der Waals surface area contributed by atoms with E-state index < -0.39 is 0 Å². The van der Waals surface area contributed by atoms with E-state index in [0.717, 1.165) is 57.2 Å². The molecule has 1 aromatic rings. The van der Waals surface area contributed by atoms with Crippen LogP contribution in [0.5, 0.6) is 0 Å². The first-order chi connectivity index (χ1) is 9.74. The van der Waals surface area contributed by atoms with E-state index in [9.17, 15) is 0 Å². The average molecular weight is 275 g/mol. The standard InChI is InChI=1S/C14H21N5O/c15-14(16)11-1-3-17-13(9-11)19-4-2-12(10-19)18-5-7-20-8-6-18/h1,3,9,12H,2,4-8,10H2,(H3,15,16). The van der Waals surface area contributed by atoms with Crippen molar-refractivity contribution >= 4 is 11.7 Å². The van der Waals surface area contributed by atoms with Crippen LogP contribution in [0.2, 0.25) is 0 Å². The lowest BCUT2D eigenvalue weighted by molar-refractivity contribution is 0.0209. The van der Waals surface area contributed by atoms with E-state index in [1.807, 2.05) is 6.07 Å². The number of nitrogens with one attached hydrogen (secondary N) is 1. The third kappa shape index (κ3) is 2.76. The number of amidine groups is 1. The van der Waals surface area contributed by atoms with E-state index in [4.69, 9.17) is 15.9 Å². The molecule has 3 rings (SSSR count). The first-order valence-corrected chi connectivity index (χ1v) is 7.11. The molecule has 2 fully saturated rings. The van der Waals surface area contributed by atoms with Gasteiger partial charge >= 0.3 is 0 Å². The Balaban J connectivity index is 1.67. The van der Waals surface area contributed by atoms with Gasteiger partial charge in [-0.25, -0.2) is 4.98 Å². The van der Waals surface area contributed by atoms with Crippen molar-refractivity contribution in [2.24, 2.45) is 5.73 Å². The molecule has 1 unspecified atom stereocenters. The van der Waals surface area contributed by atoms with Gasteiger partial charge in [0, 0.05) is 44.0 Å². The molecule has 2 aliphatic rings. The van der Waals surface area contributed by atoms with E-state index in [1.165, 1.54) is 0 Å². The molecule has 1 atom stereocenters. The minimum atomic E-state index is 0.0950. The summed E-state index contributed by atoms with van der Waals surface area (Å²) in [5.74, 6) is 1.02. The lowest BCUT2D eigenvalue weighted by Gasteiger charge is -2.32. The fraction of sp³-hybridized carbons (Fsp3) is 0.571. The van der Waals surface area contributed by atoms with Crippen LogP contribution in [-0.2, 0) is 4.74 Å². The highest BCUT2D eigenvalue weighted by molar-refractivity contribution is 5.95. The molecule has 6 nitrogen and oxygen atoms in total. The number of anilines is 1. The molecule has 6 heteroatoms. The Morgan fingerprint density at radius 1 is 1.35 bits per heavy atom. The van der Waals surface area contributed by atoms with Crippen LogP contribution in [0.4, 0.5) is 5.82 Å². The predicted octanol–water partition coefficient (Wildman–Crippen LogP) is 0.277. The summed E-state index contributed by atoms with van der Waals surface area (Å²) in [6, 6.07) is 4.27. The Morgan fingerprint density at radius 3 is 2.90 bits per heavy atom. The van der Waals surface area contributed by atoms with Crippen LogP contribution in [0.15, 0.2) is 18.3 Å². The summed E-state index contributed by atoms with van der Waals surface area (Å²) in [4.78, 5) is 9.21. The molecule has 2 saturated heterocycles. The van der Waals surface area contributed by atoms with Gasteiger partial charge < -0.3 is 15.4 Å². The fourth-order valence-corrected chi connectivity index (χ4v) is 2.95. The van der Waals surface area contributed by atoms with Crippen molar-refractivity contribution in [3.8, 4) is 0 Å². The van der Waals surface area contributed by atoms with Gasteiger partial charge in [0.05, 0.1) is 13.2 Å². The number of rotatable bonds is 3. The van der Waals surface area contributed by atoms with Crippen LogP contribution < -0.4 is 10.6 Å². The maximum absolute atomic E-state index is 7.51. The van der Waals surface area contributed by atoms with E-state index in [1.54, 1.807) is 12.3 Å². The van der Waals surface area contributed by atoms with Gasteiger partial charge in [0.25, 0.3) is 0 Å². The van der Waals surface area contributed by atoms with Crippen LogP contribution in [0.1, 0.15) is 12.0 Å². The normalized spacial score (nSPS) is 24.0. The number of nitrogens with zero attached hydrogens (tertiary/aromatic N) is 3. The highest BCUT2D eigenvalue weighted by Crippen LogP contribution is 2.22. The third-order valence-electron chi connectivity index (χ3n) is 4.11. The van der Waals surface area contributed by atoms with E-state index in [2.05, 4.69) is 14.8 Å². The summed E-state index contributed by atoms with van der Waals surface area (Å²) < 4.78 is 5.41. The number of ether oxygens (including phenoxy) is 1. The summed E-state index contributed by atoms with van der Waals surface area (Å²) in [5.41, 5.74) is 6.28. The van der Waals surface area contributed by atoms with Crippen LogP contribution >= 0.6 is 0 Å². The molecule has 0 spiro atoms. The van der Waals surface area contributed by atoms with Crippen molar-refractivity contribution in [1.82, 2.24) is 9.88 Å². The summed E-state index contributed by atoms with van der Waals surface area (Å²) >= 11 is 0. The molecular formula is C14H21N5O. The van der Waals surface area contributed by atoms with E-state index >= 15 is 0 Å². The molecule has 108 valence electrons. The van der Waals surface area contributed by atoms with Crippen LogP contribution in [0, 0.1) is 5.41 Å². The summed E-state index contributed by atoms with van der Waals surface area (Å²) in [7, 11) is 0. The largest absolute Gasteiger partial charge is 0.384 e. The van der Waals surface area contributed by atoms with Crippen molar-refractivity contribution in [3.05, 3.63) is 23.9 Å². The summed E-state index contributed by atoms with van der Waals surface area (Å²) in [5, 5.41) is 7.51. The molecule has 0 bridgehead atoms. The van der Waals surface area contributed by atoms with Gasteiger partial charge in [-0.3, -0.25) is 10.3 Å². The maximum Gasteiger partial charge on any atom is 0.129 e. The third-order valence-corrected chi connectivity index (χ3v) is 4.11. The van der Waals surface area contributed by atoms with Crippen LogP contribution in [-0.4, -0.2) is 61.2 Å². The molecule has 0 aliphatic carbocycles. The van der Waals surface area contributed by atoms with Crippen molar-refractivity contribution in [3.63, 3.8) is 0 Å². The lowest BCUT2D eigenvalue weighted by atomic mass is 10.2. The van der Waals surface area contributed by atoms with E-state index in [0.29, 0.717) is 6.04 Å². The first kappa shape index (κ1) is 13.3. The van der Waals surface area contributed by atoms with Gasteiger partial charge in [-0.2, -0.15) is 0 Å². The first-order valence-electron chi connectivity index (χ1n) is 7.11. The van der Waals surface area contributed by atoms with Gasteiger partial charge in [0.1, 0.15) is 11.7 Å². The zero-order valence-corrected chi connectivity index (χ0v) is 11.6. The Kier molecular flexibility index (Phi) is 3.84. The van der Waals surface area contributed by atoms with Gasteiger partial charge in [-0.15, -0.1) is 0 Å². The molecule has 0 aromatic carbocycles. The molecule has 0 radical (unpaired) electrons. The van der Waals surface area contributed by atoms with Gasteiger partial charge in [0.2, 0.25) is 0 Å². The number of hydrogen-bond acceptors (Lipinski definition) is 5. The van der Waals surface area contributed by atoms with Gasteiger partial charge in [-0.1, -0.05) is 0 Å².